The zero-order valence-electron chi connectivity index (χ0n) is 13.8. The Hall–Kier alpha value is -2.57. The molecule has 0 radical (unpaired) electrons. The molecule has 2 amide bonds. The van der Waals surface area contributed by atoms with Gasteiger partial charge in [0.05, 0.1) is 29.8 Å². The number of benzene rings is 2. The number of nitrogens with zero attached hydrogens (tertiary/aromatic N) is 1. The van der Waals surface area contributed by atoms with Crippen molar-refractivity contribution in [1.29, 1.82) is 0 Å². The molecule has 0 fully saturated rings. The Bertz CT molecular complexity index is 757. The molecule has 130 valence electrons. The van der Waals surface area contributed by atoms with Crippen molar-refractivity contribution in [3.63, 3.8) is 0 Å². The maximum Gasteiger partial charge on any atom is 0.261 e. The number of rotatable bonds is 6. The number of imide groups is 1. The van der Waals surface area contributed by atoms with Crippen LogP contribution in [0, 0.1) is 0 Å². The van der Waals surface area contributed by atoms with E-state index >= 15 is 0 Å². The van der Waals surface area contributed by atoms with Crippen molar-refractivity contribution in [3.8, 4) is 0 Å². The molecule has 2 atom stereocenters. The second kappa shape index (κ2) is 7.13. The van der Waals surface area contributed by atoms with Crippen LogP contribution in [-0.2, 0) is 11.3 Å². The number of amides is 2. The van der Waals surface area contributed by atoms with Crippen molar-refractivity contribution in [2.75, 3.05) is 13.8 Å². The van der Waals surface area contributed by atoms with E-state index in [0.29, 0.717) is 11.1 Å². The van der Waals surface area contributed by atoms with Crippen LogP contribution in [0.5, 0.6) is 0 Å². The van der Waals surface area contributed by atoms with Crippen molar-refractivity contribution < 1.29 is 18.7 Å². The molecule has 0 aromatic heterocycles. The molecule has 0 bridgehead atoms. The molecule has 5 nitrogen and oxygen atoms in total. The lowest BCUT2D eigenvalue weighted by Crippen LogP contribution is -2.31. The molecule has 6 heteroatoms. The lowest BCUT2D eigenvalue weighted by atomic mass is 10.0. The Balaban J connectivity index is 1.77. The van der Waals surface area contributed by atoms with Gasteiger partial charge in [0.1, 0.15) is 6.67 Å². The Labute approximate surface area is 145 Å². The number of nitrogens with two attached hydrogens (primary N) is 1. The molecule has 2 aromatic carbocycles. The van der Waals surface area contributed by atoms with E-state index in [1.54, 1.807) is 48.5 Å². The minimum Gasteiger partial charge on any atom is -0.375 e. The summed E-state index contributed by atoms with van der Waals surface area (Å²) in [5.41, 5.74) is 8.12. The van der Waals surface area contributed by atoms with Crippen LogP contribution in [-0.4, -0.2) is 36.5 Å². The molecule has 1 aliphatic rings. The van der Waals surface area contributed by atoms with Gasteiger partial charge in [-0.3, -0.25) is 14.5 Å². The van der Waals surface area contributed by atoms with Crippen LogP contribution >= 0.6 is 0 Å². The van der Waals surface area contributed by atoms with Gasteiger partial charge in [-0.15, -0.1) is 0 Å². The van der Waals surface area contributed by atoms with E-state index in [4.69, 9.17) is 10.5 Å². The van der Waals surface area contributed by atoms with Gasteiger partial charge in [0.15, 0.2) is 0 Å². The topological polar surface area (TPSA) is 72.6 Å². The van der Waals surface area contributed by atoms with Crippen LogP contribution in [0.2, 0.25) is 0 Å². The predicted molar refractivity (Wildman–Crippen MR) is 90.8 cm³/mol. The molecule has 25 heavy (non-hydrogen) atoms. The third kappa shape index (κ3) is 3.18. The number of hydrogen-bond donors (Lipinski definition) is 1. The lowest BCUT2D eigenvalue weighted by molar-refractivity contribution is 0.0641. The highest BCUT2D eigenvalue weighted by Crippen LogP contribution is 2.25. The largest absolute Gasteiger partial charge is 0.375 e. The summed E-state index contributed by atoms with van der Waals surface area (Å²) in [6, 6.07) is 13.2. The summed E-state index contributed by atoms with van der Waals surface area (Å²) in [4.78, 5) is 26.0. The van der Waals surface area contributed by atoms with Gasteiger partial charge in [0.2, 0.25) is 0 Å². The third-order valence-corrected chi connectivity index (χ3v) is 4.35. The van der Waals surface area contributed by atoms with Gasteiger partial charge in [-0.25, -0.2) is 4.39 Å². The maximum atomic E-state index is 12.8. The quantitative estimate of drug-likeness (QED) is 0.819. The lowest BCUT2D eigenvalue weighted by Gasteiger charge is -2.21. The van der Waals surface area contributed by atoms with Crippen molar-refractivity contribution in [2.45, 2.75) is 18.7 Å². The molecule has 1 heterocycles. The minimum absolute atomic E-state index is 0.180. The van der Waals surface area contributed by atoms with Crippen LogP contribution in [0.25, 0.3) is 0 Å². The highest BCUT2D eigenvalue weighted by molar-refractivity contribution is 6.21. The number of halogens is 1. The Kier molecular flexibility index (Phi) is 4.92. The molecular formula is C19H19FN2O3. The first-order chi connectivity index (χ1) is 12.1. The van der Waals surface area contributed by atoms with E-state index in [1.807, 2.05) is 0 Å². The zero-order valence-corrected chi connectivity index (χ0v) is 13.8. The standard InChI is InChI=1S/C19H19FN2O3/c1-25-17(16(21)10-20)13-8-6-12(7-9-13)11-22-18(23)14-4-2-3-5-15(14)19(22)24/h2-9,16-17H,10-11,21H2,1H3/t16-,17-/m1/s1. The van der Waals surface area contributed by atoms with Gasteiger partial charge in [0.25, 0.3) is 11.8 Å². The average molecular weight is 342 g/mol. The first kappa shape index (κ1) is 17.3. The summed E-state index contributed by atoms with van der Waals surface area (Å²) in [5.74, 6) is -0.585. The van der Waals surface area contributed by atoms with Crippen LogP contribution in [0.1, 0.15) is 37.9 Å². The minimum atomic E-state index is -0.743. The van der Waals surface area contributed by atoms with Gasteiger partial charge in [-0.05, 0) is 23.3 Å². The second-order valence-electron chi connectivity index (χ2n) is 5.96. The summed E-state index contributed by atoms with van der Waals surface area (Å²) in [6.07, 6.45) is -0.543. The molecule has 3 rings (SSSR count). The van der Waals surface area contributed by atoms with Crippen molar-refractivity contribution in [1.82, 2.24) is 4.90 Å². The Morgan fingerprint density at radius 2 is 1.60 bits per heavy atom. The fraction of sp³-hybridized carbons (Fsp3) is 0.263. The number of ether oxygens (including phenoxy) is 1. The highest BCUT2D eigenvalue weighted by atomic mass is 19.1. The van der Waals surface area contributed by atoms with E-state index in [2.05, 4.69) is 0 Å². The van der Waals surface area contributed by atoms with Crippen LogP contribution in [0.15, 0.2) is 48.5 Å². The predicted octanol–water partition coefficient (Wildman–Crippen LogP) is 2.47. The average Bonchev–Trinajstić information content (AvgIpc) is 2.89. The number of methoxy groups -OCH3 is 1. The SMILES string of the molecule is CO[C@H](c1ccc(CN2C(=O)c3ccccc3C2=O)cc1)[C@H](N)CF. The maximum absolute atomic E-state index is 12.8. The van der Waals surface area contributed by atoms with Crippen molar-refractivity contribution in [3.05, 3.63) is 70.8 Å². The van der Waals surface area contributed by atoms with Gasteiger partial charge in [-0.2, -0.15) is 0 Å². The fourth-order valence-corrected chi connectivity index (χ4v) is 3.02. The summed E-state index contributed by atoms with van der Waals surface area (Å²) in [5, 5.41) is 0. The van der Waals surface area contributed by atoms with Crippen LogP contribution in [0.3, 0.4) is 0 Å². The zero-order chi connectivity index (χ0) is 18.0. The van der Waals surface area contributed by atoms with E-state index in [9.17, 15) is 14.0 Å². The smallest absolute Gasteiger partial charge is 0.261 e. The van der Waals surface area contributed by atoms with E-state index in [1.165, 1.54) is 12.0 Å². The highest BCUT2D eigenvalue weighted by Gasteiger charge is 2.34. The fourth-order valence-electron chi connectivity index (χ4n) is 3.02. The molecule has 2 aromatic rings. The third-order valence-electron chi connectivity index (χ3n) is 4.35. The number of alkyl halides is 1. The van der Waals surface area contributed by atoms with Crippen molar-refractivity contribution >= 4 is 11.8 Å². The molecule has 1 aliphatic heterocycles. The Morgan fingerprint density at radius 1 is 1.04 bits per heavy atom. The van der Waals surface area contributed by atoms with E-state index in [0.717, 1.165) is 11.1 Å². The Morgan fingerprint density at radius 3 is 2.08 bits per heavy atom. The molecular weight excluding hydrogens is 323 g/mol. The van der Waals surface area contributed by atoms with Crippen LogP contribution < -0.4 is 5.73 Å². The summed E-state index contributed by atoms with van der Waals surface area (Å²) in [7, 11) is 1.48. The molecule has 0 saturated carbocycles. The summed E-state index contributed by atoms with van der Waals surface area (Å²) < 4.78 is 18.0. The van der Waals surface area contributed by atoms with E-state index in [-0.39, 0.29) is 18.4 Å². The first-order valence-electron chi connectivity index (χ1n) is 7.95. The van der Waals surface area contributed by atoms with Crippen molar-refractivity contribution in [2.24, 2.45) is 5.73 Å². The molecule has 0 aliphatic carbocycles. The second-order valence-corrected chi connectivity index (χ2v) is 5.96. The normalized spacial score (nSPS) is 16.0. The van der Waals surface area contributed by atoms with Gasteiger partial charge in [-0.1, -0.05) is 36.4 Å². The monoisotopic (exact) mass is 342 g/mol. The molecule has 2 N–H and O–H groups in total. The number of fused-ring (bicyclic) bond motifs is 1. The van der Waals surface area contributed by atoms with E-state index < -0.39 is 18.8 Å². The summed E-state index contributed by atoms with van der Waals surface area (Å²) in [6.45, 7) is -0.505. The number of carbonyl (C=O) groups is 2. The summed E-state index contributed by atoms with van der Waals surface area (Å²) >= 11 is 0. The molecule has 0 unspecified atom stereocenters. The molecule has 0 saturated heterocycles. The number of hydrogen-bond acceptors (Lipinski definition) is 4. The number of carbonyl (C=O) groups excluding carboxylic acids is 2. The molecule has 0 spiro atoms. The van der Waals surface area contributed by atoms with Gasteiger partial charge >= 0.3 is 0 Å². The van der Waals surface area contributed by atoms with Crippen LogP contribution in [0.4, 0.5) is 4.39 Å². The van der Waals surface area contributed by atoms with Gasteiger partial charge < -0.3 is 10.5 Å². The van der Waals surface area contributed by atoms with Gasteiger partial charge in [0, 0.05) is 7.11 Å². The first-order valence-corrected chi connectivity index (χ1v) is 7.95.